The number of nitrogens with one attached hydrogen (secondary N) is 2. The molecule has 0 atom stereocenters. The minimum Gasteiger partial charge on any atom is -0.279 e. The summed E-state index contributed by atoms with van der Waals surface area (Å²) >= 11 is 5.14. The highest BCUT2D eigenvalue weighted by Crippen LogP contribution is 2.23. The van der Waals surface area contributed by atoms with Crippen molar-refractivity contribution in [1.82, 2.24) is 10.2 Å². The molecule has 0 bridgehead atoms. The third kappa shape index (κ3) is 6.91. The van der Waals surface area contributed by atoms with Crippen LogP contribution in [-0.4, -0.2) is 13.1 Å². The summed E-state index contributed by atoms with van der Waals surface area (Å²) in [6.07, 6.45) is 2.15. The highest BCUT2D eigenvalue weighted by atomic mass is 32.4. The molecule has 0 aliphatic rings. The third-order valence-corrected chi connectivity index (χ3v) is 3.35. The van der Waals surface area contributed by atoms with E-state index in [-0.39, 0.29) is 0 Å². The molecular weight excluding hydrogens is 177 g/mol. The van der Waals surface area contributed by atoms with Gasteiger partial charge in [0.2, 0.25) is 0 Å². The van der Waals surface area contributed by atoms with E-state index in [2.05, 4.69) is 24.0 Å². The second kappa shape index (κ2) is 6.09. The van der Waals surface area contributed by atoms with Crippen LogP contribution in [0.3, 0.4) is 0 Å². The van der Waals surface area contributed by atoms with Gasteiger partial charge in [0.25, 0.3) is 0 Å². The molecule has 0 aromatic rings. The summed E-state index contributed by atoms with van der Waals surface area (Å²) < 4.78 is 0. The van der Waals surface area contributed by atoms with Crippen LogP contribution in [0.15, 0.2) is 0 Å². The van der Waals surface area contributed by atoms with Gasteiger partial charge in [-0.1, -0.05) is 13.8 Å². The van der Waals surface area contributed by atoms with Crippen LogP contribution in [0.2, 0.25) is 0 Å². The fourth-order valence-corrected chi connectivity index (χ4v) is 2.38. The van der Waals surface area contributed by atoms with Crippen LogP contribution in [-0.2, 0) is 11.8 Å². The first kappa shape index (κ1) is 11.5. The Balaban J connectivity index is 3.53. The van der Waals surface area contributed by atoms with Gasteiger partial charge in [-0.3, -0.25) is 15.7 Å². The molecule has 0 aliphatic carbocycles. The molecule has 0 aliphatic heterocycles. The predicted octanol–water partition coefficient (Wildman–Crippen LogP) is 1.17. The first-order valence-corrected chi connectivity index (χ1v) is 6.88. The zero-order valence-electron chi connectivity index (χ0n) is 7.26. The van der Waals surface area contributed by atoms with Crippen LogP contribution in [0.5, 0.6) is 0 Å². The highest BCUT2D eigenvalue weighted by Gasteiger charge is 2.05. The Hall–Kier alpha value is 0.530. The normalized spacial score (nSPS) is 11.9. The van der Waals surface area contributed by atoms with Crippen LogP contribution in [0.1, 0.15) is 26.7 Å². The molecule has 0 aromatic heterocycles. The Labute approximate surface area is 74.3 Å². The van der Waals surface area contributed by atoms with Crippen LogP contribution in [0.4, 0.5) is 0 Å². The lowest BCUT2D eigenvalue weighted by Gasteiger charge is -2.18. The maximum atomic E-state index is 5.79. The standard InChI is InChI=1S/C6H18N3PS/c1-3-5-8-10(7,11)9-6-4-2/h3-6H2,1-2H3,(H4,7,8,9,11). The molecule has 3 nitrogen and oxygen atoms in total. The first-order chi connectivity index (χ1) is 5.12. The molecule has 0 unspecified atom stereocenters. The number of hydrogen-bond donors (Lipinski definition) is 3. The molecule has 0 spiro atoms. The summed E-state index contributed by atoms with van der Waals surface area (Å²) in [7, 11) is 0. The highest BCUT2D eigenvalue weighted by molar-refractivity contribution is 8.11. The van der Waals surface area contributed by atoms with Crippen molar-refractivity contribution in [2.45, 2.75) is 26.7 Å². The van der Waals surface area contributed by atoms with Gasteiger partial charge in [0.1, 0.15) is 6.49 Å². The summed E-state index contributed by atoms with van der Waals surface area (Å²) in [5, 5.41) is 6.27. The molecule has 0 aromatic carbocycles. The Morgan fingerprint density at radius 3 is 1.82 bits per heavy atom. The van der Waals surface area contributed by atoms with Crippen molar-refractivity contribution in [2.24, 2.45) is 5.50 Å². The maximum Gasteiger partial charge on any atom is 0.135 e. The van der Waals surface area contributed by atoms with Crippen LogP contribution >= 0.6 is 6.49 Å². The average molecular weight is 195 g/mol. The van der Waals surface area contributed by atoms with Crippen LogP contribution < -0.4 is 15.7 Å². The van der Waals surface area contributed by atoms with Gasteiger partial charge in [0.15, 0.2) is 0 Å². The van der Waals surface area contributed by atoms with Crippen molar-refractivity contribution in [2.75, 3.05) is 13.1 Å². The Bertz CT molecular complexity index is 128. The van der Waals surface area contributed by atoms with Crippen molar-refractivity contribution in [3.05, 3.63) is 0 Å². The maximum absolute atomic E-state index is 5.79. The van der Waals surface area contributed by atoms with E-state index in [0.29, 0.717) is 0 Å². The van der Waals surface area contributed by atoms with Gasteiger partial charge in [-0.15, -0.1) is 0 Å². The average Bonchev–Trinajstić information content (AvgIpc) is 1.97. The molecule has 4 N–H and O–H groups in total. The second-order valence-electron chi connectivity index (χ2n) is 2.47. The summed E-state index contributed by atoms with van der Waals surface area (Å²) in [5.74, 6) is 0. The summed E-state index contributed by atoms with van der Waals surface area (Å²) in [6.45, 7) is 4.12. The van der Waals surface area contributed by atoms with Crippen molar-refractivity contribution in [3.63, 3.8) is 0 Å². The van der Waals surface area contributed by atoms with Crippen molar-refractivity contribution in [3.8, 4) is 0 Å². The quantitative estimate of drug-likeness (QED) is 0.557. The van der Waals surface area contributed by atoms with E-state index in [0.717, 1.165) is 25.9 Å². The summed E-state index contributed by atoms with van der Waals surface area (Å²) in [5.41, 5.74) is 5.79. The molecule has 0 saturated heterocycles. The molecule has 68 valence electrons. The molecular formula is C6H18N3PS. The van der Waals surface area contributed by atoms with E-state index in [1.165, 1.54) is 0 Å². The van der Waals surface area contributed by atoms with Gasteiger partial charge in [-0.05, 0) is 24.6 Å². The Morgan fingerprint density at radius 2 is 1.55 bits per heavy atom. The van der Waals surface area contributed by atoms with E-state index in [4.69, 9.17) is 17.3 Å². The molecule has 0 amide bonds. The molecule has 5 heteroatoms. The van der Waals surface area contributed by atoms with Gasteiger partial charge in [0.05, 0.1) is 0 Å². The smallest absolute Gasteiger partial charge is 0.135 e. The fourth-order valence-electron chi connectivity index (χ4n) is 0.612. The zero-order valence-corrected chi connectivity index (χ0v) is 8.97. The zero-order chi connectivity index (χ0) is 8.74. The number of nitrogens with two attached hydrogens (primary N) is 1. The molecule has 0 fully saturated rings. The van der Waals surface area contributed by atoms with E-state index < -0.39 is 6.49 Å². The van der Waals surface area contributed by atoms with Crippen LogP contribution in [0, 0.1) is 0 Å². The lowest BCUT2D eigenvalue weighted by Crippen LogP contribution is -2.28. The molecule has 11 heavy (non-hydrogen) atoms. The van der Waals surface area contributed by atoms with E-state index in [1.54, 1.807) is 0 Å². The van der Waals surface area contributed by atoms with Gasteiger partial charge in [0, 0.05) is 13.1 Å². The van der Waals surface area contributed by atoms with Gasteiger partial charge in [-0.25, -0.2) is 0 Å². The topological polar surface area (TPSA) is 50.1 Å². The van der Waals surface area contributed by atoms with E-state index >= 15 is 0 Å². The molecule has 0 rings (SSSR count). The van der Waals surface area contributed by atoms with Gasteiger partial charge >= 0.3 is 0 Å². The predicted molar refractivity (Wildman–Crippen MR) is 55.1 cm³/mol. The Morgan fingerprint density at radius 1 is 1.18 bits per heavy atom. The van der Waals surface area contributed by atoms with E-state index in [9.17, 15) is 0 Å². The lowest BCUT2D eigenvalue weighted by molar-refractivity contribution is 0.818. The fraction of sp³-hybridized carbons (Fsp3) is 1.00. The van der Waals surface area contributed by atoms with Gasteiger partial charge in [-0.2, -0.15) is 0 Å². The Kier molecular flexibility index (Phi) is 6.38. The SMILES string of the molecule is CCCNP(N)(=S)NCCC. The second-order valence-corrected chi connectivity index (χ2v) is 6.15. The third-order valence-electron chi connectivity index (χ3n) is 1.19. The lowest BCUT2D eigenvalue weighted by atomic mass is 10.5. The van der Waals surface area contributed by atoms with Crippen molar-refractivity contribution >= 4 is 18.3 Å². The van der Waals surface area contributed by atoms with Crippen molar-refractivity contribution in [1.29, 1.82) is 0 Å². The summed E-state index contributed by atoms with van der Waals surface area (Å²) in [6, 6.07) is 0. The largest absolute Gasteiger partial charge is 0.279 e. The minimum absolute atomic E-state index is 0.907. The van der Waals surface area contributed by atoms with Crippen LogP contribution in [0.25, 0.3) is 0 Å². The number of rotatable bonds is 6. The molecule has 0 radical (unpaired) electrons. The van der Waals surface area contributed by atoms with Gasteiger partial charge < -0.3 is 0 Å². The van der Waals surface area contributed by atoms with Crippen molar-refractivity contribution < 1.29 is 0 Å². The van der Waals surface area contributed by atoms with E-state index in [1.807, 2.05) is 0 Å². The minimum atomic E-state index is -1.89. The molecule has 0 heterocycles. The monoisotopic (exact) mass is 195 g/mol. The molecule has 0 saturated carbocycles. The number of hydrogen-bond acceptors (Lipinski definition) is 1. The first-order valence-electron chi connectivity index (χ1n) is 4.01. The summed E-state index contributed by atoms with van der Waals surface area (Å²) in [4.78, 5) is 0.